The molecule has 6 heteroatoms. The molecular weight excluding hydrogens is 282 g/mol. The topological polar surface area (TPSA) is 70.2 Å². The minimum Gasteiger partial charge on any atom is -0.455 e. The maximum atomic E-state index is 12.0. The van der Waals surface area contributed by atoms with E-state index in [-0.39, 0.29) is 12.6 Å². The van der Waals surface area contributed by atoms with Gasteiger partial charge in [0, 0.05) is 18.5 Å². The molecule has 0 atom stereocenters. The SMILES string of the molecule is Cc1cc(COC(=O)c2ccc(Cn3cccn3)cc2)no1. The Morgan fingerprint density at radius 3 is 2.77 bits per heavy atom. The first-order chi connectivity index (χ1) is 10.7. The lowest BCUT2D eigenvalue weighted by molar-refractivity contribution is 0.0464. The smallest absolute Gasteiger partial charge is 0.338 e. The number of esters is 1. The molecule has 0 spiro atoms. The summed E-state index contributed by atoms with van der Waals surface area (Å²) >= 11 is 0. The van der Waals surface area contributed by atoms with Gasteiger partial charge in [-0.2, -0.15) is 5.10 Å². The van der Waals surface area contributed by atoms with E-state index in [9.17, 15) is 4.79 Å². The Kier molecular flexibility index (Phi) is 4.00. The second-order valence-electron chi connectivity index (χ2n) is 4.91. The highest BCUT2D eigenvalue weighted by molar-refractivity contribution is 5.89. The van der Waals surface area contributed by atoms with E-state index in [1.165, 1.54) is 0 Å². The van der Waals surface area contributed by atoms with Crippen LogP contribution in [0.2, 0.25) is 0 Å². The zero-order valence-corrected chi connectivity index (χ0v) is 12.1. The molecule has 2 aromatic heterocycles. The van der Waals surface area contributed by atoms with Gasteiger partial charge in [-0.15, -0.1) is 0 Å². The van der Waals surface area contributed by atoms with Crippen LogP contribution in [0.4, 0.5) is 0 Å². The third kappa shape index (κ3) is 3.41. The van der Waals surface area contributed by atoms with Crippen LogP contribution >= 0.6 is 0 Å². The Labute approximate surface area is 127 Å². The van der Waals surface area contributed by atoms with Gasteiger partial charge in [-0.05, 0) is 30.7 Å². The van der Waals surface area contributed by atoms with Crippen molar-refractivity contribution >= 4 is 5.97 Å². The van der Waals surface area contributed by atoms with Crippen LogP contribution < -0.4 is 0 Å². The van der Waals surface area contributed by atoms with Gasteiger partial charge in [-0.25, -0.2) is 4.79 Å². The average Bonchev–Trinajstić information content (AvgIpc) is 3.17. The Balaban J connectivity index is 1.58. The molecular formula is C16H15N3O3. The summed E-state index contributed by atoms with van der Waals surface area (Å²) in [7, 11) is 0. The monoisotopic (exact) mass is 297 g/mol. The fourth-order valence-corrected chi connectivity index (χ4v) is 2.04. The lowest BCUT2D eigenvalue weighted by Gasteiger charge is -2.05. The van der Waals surface area contributed by atoms with Gasteiger partial charge in [0.25, 0.3) is 0 Å². The van der Waals surface area contributed by atoms with Crippen molar-refractivity contribution in [2.45, 2.75) is 20.1 Å². The number of hydrogen-bond donors (Lipinski definition) is 0. The molecule has 0 radical (unpaired) electrons. The Hall–Kier alpha value is -2.89. The molecule has 0 aliphatic rings. The van der Waals surface area contributed by atoms with E-state index >= 15 is 0 Å². The van der Waals surface area contributed by atoms with Gasteiger partial charge in [-0.3, -0.25) is 4.68 Å². The molecule has 112 valence electrons. The molecule has 1 aromatic carbocycles. The summed E-state index contributed by atoms with van der Waals surface area (Å²) in [5.41, 5.74) is 2.16. The number of carbonyl (C=O) groups excluding carboxylic acids is 1. The Morgan fingerprint density at radius 2 is 2.14 bits per heavy atom. The van der Waals surface area contributed by atoms with Crippen molar-refractivity contribution in [3.05, 3.63) is 71.4 Å². The molecule has 0 aliphatic carbocycles. The molecule has 0 unspecified atom stereocenters. The average molecular weight is 297 g/mol. The van der Waals surface area contributed by atoms with Crippen LogP contribution in [0.5, 0.6) is 0 Å². The van der Waals surface area contributed by atoms with Gasteiger partial charge in [0.05, 0.1) is 12.1 Å². The zero-order chi connectivity index (χ0) is 15.4. The first-order valence-corrected chi connectivity index (χ1v) is 6.86. The van der Waals surface area contributed by atoms with E-state index in [2.05, 4.69) is 10.3 Å². The highest BCUT2D eigenvalue weighted by atomic mass is 16.5. The van der Waals surface area contributed by atoms with Crippen molar-refractivity contribution < 1.29 is 14.1 Å². The minimum atomic E-state index is -0.383. The van der Waals surface area contributed by atoms with Crippen molar-refractivity contribution in [3.8, 4) is 0 Å². The number of ether oxygens (including phenoxy) is 1. The van der Waals surface area contributed by atoms with Crippen molar-refractivity contribution in [2.24, 2.45) is 0 Å². The summed E-state index contributed by atoms with van der Waals surface area (Å²) in [5.74, 6) is 0.306. The number of aromatic nitrogens is 3. The summed E-state index contributed by atoms with van der Waals surface area (Å²) < 4.78 is 11.9. The molecule has 0 amide bonds. The maximum Gasteiger partial charge on any atom is 0.338 e. The number of rotatable bonds is 5. The van der Waals surface area contributed by atoms with Crippen LogP contribution in [0, 0.1) is 6.92 Å². The molecule has 0 bridgehead atoms. The first-order valence-electron chi connectivity index (χ1n) is 6.86. The van der Waals surface area contributed by atoms with Gasteiger partial charge in [0.1, 0.15) is 18.1 Å². The number of benzene rings is 1. The summed E-state index contributed by atoms with van der Waals surface area (Å²) in [6.07, 6.45) is 3.62. The molecule has 3 aromatic rings. The summed E-state index contributed by atoms with van der Waals surface area (Å²) in [4.78, 5) is 12.0. The van der Waals surface area contributed by atoms with E-state index in [4.69, 9.17) is 9.26 Å². The highest BCUT2D eigenvalue weighted by Crippen LogP contribution is 2.09. The van der Waals surface area contributed by atoms with E-state index in [0.29, 0.717) is 23.6 Å². The first kappa shape index (κ1) is 14.1. The van der Waals surface area contributed by atoms with Gasteiger partial charge in [-0.1, -0.05) is 17.3 Å². The summed E-state index contributed by atoms with van der Waals surface area (Å²) in [5, 5.41) is 7.92. The molecule has 22 heavy (non-hydrogen) atoms. The second kappa shape index (κ2) is 6.26. The van der Waals surface area contributed by atoms with E-state index in [1.54, 1.807) is 31.3 Å². The lowest BCUT2D eigenvalue weighted by atomic mass is 10.1. The second-order valence-corrected chi connectivity index (χ2v) is 4.91. The molecule has 0 aliphatic heterocycles. The lowest BCUT2D eigenvalue weighted by Crippen LogP contribution is -2.06. The van der Waals surface area contributed by atoms with Crippen LogP contribution in [0.15, 0.2) is 53.3 Å². The van der Waals surface area contributed by atoms with E-state index < -0.39 is 0 Å². The Bertz CT molecular complexity index is 745. The van der Waals surface area contributed by atoms with Crippen LogP contribution in [0.3, 0.4) is 0 Å². The largest absolute Gasteiger partial charge is 0.455 e. The fourth-order valence-electron chi connectivity index (χ4n) is 2.04. The van der Waals surface area contributed by atoms with Crippen molar-refractivity contribution in [1.29, 1.82) is 0 Å². The molecule has 0 saturated heterocycles. The molecule has 6 nitrogen and oxygen atoms in total. The standard InChI is InChI=1S/C16H15N3O3/c1-12-9-15(18-22-12)11-21-16(20)14-5-3-13(4-6-14)10-19-8-2-7-17-19/h2-9H,10-11H2,1H3. The van der Waals surface area contributed by atoms with E-state index in [1.807, 2.05) is 29.1 Å². The van der Waals surface area contributed by atoms with Crippen molar-refractivity contribution in [2.75, 3.05) is 0 Å². The molecule has 3 rings (SSSR count). The number of carbonyl (C=O) groups is 1. The van der Waals surface area contributed by atoms with Crippen LogP contribution in [-0.4, -0.2) is 20.9 Å². The highest BCUT2D eigenvalue weighted by Gasteiger charge is 2.09. The predicted octanol–water partition coefficient (Wildman–Crippen LogP) is 2.58. The van der Waals surface area contributed by atoms with E-state index in [0.717, 1.165) is 5.56 Å². The van der Waals surface area contributed by atoms with Gasteiger partial charge >= 0.3 is 5.97 Å². The number of nitrogens with zero attached hydrogens (tertiary/aromatic N) is 3. The molecule has 0 saturated carbocycles. The molecule has 2 heterocycles. The van der Waals surface area contributed by atoms with Gasteiger partial charge in [0.15, 0.2) is 0 Å². The fraction of sp³-hybridized carbons (Fsp3) is 0.188. The third-order valence-corrected chi connectivity index (χ3v) is 3.12. The Morgan fingerprint density at radius 1 is 1.32 bits per heavy atom. The predicted molar refractivity (Wildman–Crippen MR) is 78.1 cm³/mol. The number of aryl methyl sites for hydroxylation is 1. The summed E-state index contributed by atoms with van der Waals surface area (Å²) in [6.45, 7) is 2.56. The minimum absolute atomic E-state index is 0.102. The van der Waals surface area contributed by atoms with Crippen molar-refractivity contribution in [1.82, 2.24) is 14.9 Å². The molecule has 0 N–H and O–H groups in total. The quantitative estimate of drug-likeness (QED) is 0.677. The van der Waals surface area contributed by atoms with Gasteiger partial charge in [0.2, 0.25) is 0 Å². The van der Waals surface area contributed by atoms with Crippen LogP contribution in [-0.2, 0) is 17.9 Å². The van der Waals surface area contributed by atoms with Crippen molar-refractivity contribution in [3.63, 3.8) is 0 Å². The third-order valence-electron chi connectivity index (χ3n) is 3.12. The molecule has 0 fully saturated rings. The van der Waals surface area contributed by atoms with Gasteiger partial charge < -0.3 is 9.26 Å². The number of hydrogen-bond acceptors (Lipinski definition) is 5. The summed E-state index contributed by atoms with van der Waals surface area (Å²) in [6, 6.07) is 10.9. The zero-order valence-electron chi connectivity index (χ0n) is 12.1. The van der Waals surface area contributed by atoms with Crippen LogP contribution in [0.25, 0.3) is 0 Å². The maximum absolute atomic E-state index is 12.0. The normalized spacial score (nSPS) is 10.6. The van der Waals surface area contributed by atoms with Crippen LogP contribution in [0.1, 0.15) is 27.4 Å².